The average Bonchev–Trinajstić information content (AvgIpc) is 3.77. The molecule has 8 heteroatoms. The fraction of sp³-hybridized carbons (Fsp3) is 0.0444. The summed E-state index contributed by atoms with van der Waals surface area (Å²) in [5, 5.41) is 14.2. The van der Waals surface area contributed by atoms with Gasteiger partial charge in [0.1, 0.15) is 11.5 Å². The van der Waals surface area contributed by atoms with Gasteiger partial charge in [-0.15, -0.1) is 34.4 Å². The zero-order valence-electron chi connectivity index (χ0n) is 28.3. The van der Waals surface area contributed by atoms with E-state index >= 15 is 0 Å². The van der Waals surface area contributed by atoms with E-state index in [9.17, 15) is 0 Å². The summed E-state index contributed by atoms with van der Waals surface area (Å²) in [6, 6.07) is 51.4. The Bertz CT molecular complexity index is 2960. The molecule has 7 nitrogen and oxygen atoms in total. The van der Waals surface area contributed by atoms with Crippen molar-refractivity contribution in [2.24, 2.45) is 0 Å². The molecule has 0 bridgehead atoms. The molecule has 0 N–H and O–H groups in total. The number of rotatable bonds is 5. The van der Waals surface area contributed by atoms with E-state index in [1.807, 2.05) is 66.3 Å². The second kappa shape index (κ2) is 12.6. The number of nitrogens with zero attached hydrogens (tertiary/aromatic N) is 7. The molecule has 0 atom stereocenters. The van der Waals surface area contributed by atoms with E-state index < -0.39 is 5.41 Å². The summed E-state index contributed by atoms with van der Waals surface area (Å²) in [5.74, 6) is 0.741. The number of aromatic nitrogens is 6. The van der Waals surface area contributed by atoms with Crippen LogP contribution in [0.25, 0.3) is 59.8 Å². The Morgan fingerprint density at radius 3 is 2.11 bits per heavy atom. The minimum atomic E-state index is -0.888. The Balaban J connectivity index is 0.00000372. The van der Waals surface area contributed by atoms with Gasteiger partial charge in [0.2, 0.25) is 0 Å². The first-order valence-electron chi connectivity index (χ1n) is 17.0. The van der Waals surface area contributed by atoms with Crippen LogP contribution in [-0.2, 0) is 26.5 Å². The van der Waals surface area contributed by atoms with E-state index in [2.05, 4.69) is 123 Å². The third kappa shape index (κ3) is 4.76. The number of aryl methyl sites for hydroxylation is 1. The SMILES string of the molecule is [C-]#[N+]c1ccc2c3ccc(C(c4[c-]c(-n5c6ccccc6c6cccnc65)cnc4)(c4ccccc4)c4ccccc4)[c-]c3c3nnc(C)n3c2c1.[Pt+2]. The first-order valence-corrected chi connectivity index (χ1v) is 17.0. The Labute approximate surface area is 319 Å². The Kier molecular flexibility index (Phi) is 7.73. The van der Waals surface area contributed by atoms with E-state index in [0.29, 0.717) is 11.3 Å². The third-order valence-corrected chi connectivity index (χ3v) is 10.2. The van der Waals surface area contributed by atoms with Gasteiger partial charge in [0.25, 0.3) is 0 Å². The normalized spacial score (nSPS) is 11.7. The zero-order chi connectivity index (χ0) is 34.8. The summed E-state index contributed by atoms with van der Waals surface area (Å²) >= 11 is 0. The minimum Gasteiger partial charge on any atom is -0.389 e. The van der Waals surface area contributed by atoms with Crippen LogP contribution in [0.5, 0.6) is 0 Å². The van der Waals surface area contributed by atoms with Gasteiger partial charge in [0.05, 0.1) is 17.7 Å². The molecular formula is C45H27N7Pt. The van der Waals surface area contributed by atoms with Crippen molar-refractivity contribution in [3.05, 3.63) is 198 Å². The van der Waals surface area contributed by atoms with Gasteiger partial charge in [0, 0.05) is 27.9 Å². The Morgan fingerprint density at radius 2 is 1.34 bits per heavy atom. The number of fused-ring (bicyclic) bond motifs is 9. The van der Waals surface area contributed by atoms with Crippen LogP contribution in [0.4, 0.5) is 5.69 Å². The molecule has 0 radical (unpaired) electrons. The molecule has 0 spiro atoms. The molecule has 0 aliphatic carbocycles. The van der Waals surface area contributed by atoms with Crippen molar-refractivity contribution in [2.45, 2.75) is 12.3 Å². The Hall–Kier alpha value is -6.48. The molecule has 5 aromatic heterocycles. The third-order valence-electron chi connectivity index (χ3n) is 10.2. The smallest absolute Gasteiger partial charge is 0.389 e. The van der Waals surface area contributed by atoms with Crippen molar-refractivity contribution in [1.82, 2.24) is 29.1 Å². The predicted octanol–water partition coefficient (Wildman–Crippen LogP) is 9.76. The summed E-state index contributed by atoms with van der Waals surface area (Å²) in [7, 11) is 0. The maximum Gasteiger partial charge on any atom is 2.00 e. The monoisotopic (exact) mass is 860 g/mol. The van der Waals surface area contributed by atoms with Gasteiger partial charge in [-0.05, 0) is 53.4 Å². The molecule has 53 heavy (non-hydrogen) atoms. The van der Waals surface area contributed by atoms with Crippen LogP contribution in [0, 0.1) is 25.6 Å². The number of benzene rings is 5. The van der Waals surface area contributed by atoms with Gasteiger partial charge in [0.15, 0.2) is 5.69 Å². The molecule has 252 valence electrons. The molecule has 0 aliphatic rings. The first kappa shape index (κ1) is 32.4. The first-order chi connectivity index (χ1) is 25.7. The molecule has 0 aliphatic heterocycles. The standard InChI is InChI=1S/C45H27N7.Pt/c1-29-49-50-44-40-25-32(19-21-36(40)38-22-20-34(46-2)26-42(38)51(29)44)45(30-12-5-3-6-13-30,31-14-7-4-8-15-31)33-24-35(28-47-27-33)52-41-18-10-9-16-37(41)39-17-11-23-48-43(39)52;/h3-23,26-28H,1H3;/q-2;+2. The molecule has 0 saturated heterocycles. The average molecular weight is 861 g/mol. The zero-order valence-corrected chi connectivity index (χ0v) is 30.6. The van der Waals surface area contributed by atoms with Crippen molar-refractivity contribution >= 4 is 54.9 Å². The minimum absolute atomic E-state index is 0. The molecular weight excluding hydrogens is 834 g/mol. The van der Waals surface area contributed by atoms with Gasteiger partial charge in [-0.25, -0.2) is 9.83 Å². The molecule has 0 fully saturated rings. The molecule has 10 rings (SSSR count). The van der Waals surface area contributed by atoms with Crippen molar-refractivity contribution < 1.29 is 21.1 Å². The van der Waals surface area contributed by atoms with Gasteiger partial charge < -0.3 is 14.0 Å². The fourth-order valence-corrected chi connectivity index (χ4v) is 7.97. The van der Waals surface area contributed by atoms with Gasteiger partial charge >= 0.3 is 21.1 Å². The molecule has 0 saturated carbocycles. The molecule has 5 heterocycles. The van der Waals surface area contributed by atoms with Crippen molar-refractivity contribution in [3.8, 4) is 5.69 Å². The van der Waals surface area contributed by atoms with Crippen molar-refractivity contribution in [1.29, 1.82) is 0 Å². The number of hydrogen-bond donors (Lipinski definition) is 0. The maximum absolute atomic E-state index is 7.65. The van der Waals surface area contributed by atoms with Crippen molar-refractivity contribution in [2.75, 3.05) is 0 Å². The molecule has 5 aromatic carbocycles. The summed E-state index contributed by atoms with van der Waals surface area (Å²) < 4.78 is 4.18. The van der Waals surface area contributed by atoms with Gasteiger partial charge in [-0.1, -0.05) is 114 Å². The van der Waals surface area contributed by atoms with Crippen LogP contribution in [0.2, 0.25) is 0 Å². The van der Waals surface area contributed by atoms with E-state index in [0.717, 1.165) is 77.4 Å². The second-order valence-corrected chi connectivity index (χ2v) is 12.9. The summed E-state index contributed by atoms with van der Waals surface area (Å²) in [6.45, 7) is 9.59. The van der Waals surface area contributed by atoms with E-state index in [-0.39, 0.29) is 21.1 Å². The molecule has 10 aromatic rings. The van der Waals surface area contributed by atoms with Crippen LogP contribution >= 0.6 is 0 Å². The van der Waals surface area contributed by atoms with Gasteiger partial charge in [-0.3, -0.25) is 0 Å². The summed E-state index contributed by atoms with van der Waals surface area (Å²) in [6.07, 6.45) is 5.61. The van der Waals surface area contributed by atoms with E-state index in [1.165, 1.54) is 0 Å². The second-order valence-electron chi connectivity index (χ2n) is 12.9. The summed E-state index contributed by atoms with van der Waals surface area (Å²) in [5.41, 5.74) is 7.78. The summed E-state index contributed by atoms with van der Waals surface area (Å²) in [4.78, 5) is 13.5. The van der Waals surface area contributed by atoms with Gasteiger partial charge in [-0.2, -0.15) is 11.2 Å². The number of para-hydroxylation sites is 1. The van der Waals surface area contributed by atoms with Crippen LogP contribution in [-0.4, -0.2) is 29.1 Å². The largest absolute Gasteiger partial charge is 2.00 e. The quantitative estimate of drug-likeness (QED) is 0.0983. The van der Waals surface area contributed by atoms with Crippen molar-refractivity contribution in [3.63, 3.8) is 0 Å². The van der Waals surface area contributed by atoms with E-state index in [1.54, 1.807) is 0 Å². The topological polar surface area (TPSA) is 65.3 Å². The molecule has 0 amide bonds. The Morgan fingerprint density at radius 1 is 0.642 bits per heavy atom. The van der Waals surface area contributed by atoms with Crippen LogP contribution in [0.15, 0.2) is 146 Å². The molecule has 0 unspecified atom stereocenters. The number of hydrogen-bond acceptors (Lipinski definition) is 4. The fourth-order valence-electron chi connectivity index (χ4n) is 7.97. The van der Waals surface area contributed by atoms with E-state index in [4.69, 9.17) is 16.5 Å². The number of pyridine rings is 3. The van der Waals surface area contributed by atoms with Crippen LogP contribution in [0.1, 0.15) is 28.1 Å². The maximum atomic E-state index is 7.65. The van der Waals surface area contributed by atoms with Crippen LogP contribution < -0.4 is 0 Å². The van der Waals surface area contributed by atoms with Crippen LogP contribution in [0.3, 0.4) is 0 Å². The predicted molar refractivity (Wildman–Crippen MR) is 205 cm³/mol.